The Morgan fingerprint density at radius 3 is 2.43 bits per heavy atom. The highest BCUT2D eigenvalue weighted by molar-refractivity contribution is 7.15. The Labute approximate surface area is 135 Å². The monoisotopic (exact) mass is 343 g/mol. The Hall–Kier alpha value is -1.86. The third-order valence-corrected chi connectivity index (χ3v) is 4.34. The third kappa shape index (κ3) is 5.37. The van der Waals surface area contributed by atoms with Crippen molar-refractivity contribution in [1.29, 1.82) is 0 Å². The first-order chi connectivity index (χ1) is 10.9. The molecule has 1 heterocycles. The van der Waals surface area contributed by atoms with Crippen molar-refractivity contribution in [3.05, 3.63) is 46.8 Å². The summed E-state index contributed by atoms with van der Waals surface area (Å²) in [6.07, 6.45) is -3.63. The highest BCUT2D eigenvalue weighted by Gasteiger charge is 2.29. The summed E-state index contributed by atoms with van der Waals surface area (Å²) in [6, 6.07) is 8.90. The average Bonchev–Trinajstić information content (AvgIpc) is 2.95. The van der Waals surface area contributed by atoms with Gasteiger partial charge in [-0.1, -0.05) is 12.1 Å². The van der Waals surface area contributed by atoms with E-state index in [1.165, 1.54) is 23.5 Å². The minimum absolute atomic E-state index is 0.133. The maximum Gasteiger partial charge on any atom is 0.416 e. The molecule has 0 aliphatic rings. The second-order valence-electron chi connectivity index (χ2n) is 5.02. The topological polar surface area (TPSA) is 49.3 Å². The summed E-state index contributed by atoms with van der Waals surface area (Å²) in [7, 11) is 0. The molecule has 0 amide bonds. The van der Waals surface area contributed by atoms with Crippen molar-refractivity contribution < 1.29 is 23.1 Å². The number of nitrogens with one attached hydrogen (secondary N) is 1. The molecule has 0 aliphatic heterocycles. The van der Waals surface area contributed by atoms with Gasteiger partial charge >= 0.3 is 12.1 Å². The lowest BCUT2D eigenvalue weighted by atomic mass is 10.1. The molecule has 0 atom stereocenters. The molecule has 0 aliphatic carbocycles. The van der Waals surface area contributed by atoms with Crippen molar-refractivity contribution in [3.63, 3.8) is 0 Å². The van der Waals surface area contributed by atoms with E-state index in [9.17, 15) is 18.0 Å². The average molecular weight is 343 g/mol. The molecule has 0 fully saturated rings. The minimum atomic E-state index is -4.32. The van der Waals surface area contributed by atoms with Crippen LogP contribution in [0.25, 0.3) is 10.4 Å². The molecule has 2 aromatic rings. The van der Waals surface area contributed by atoms with Gasteiger partial charge < -0.3 is 10.4 Å². The van der Waals surface area contributed by atoms with Gasteiger partial charge in [0, 0.05) is 22.7 Å². The van der Waals surface area contributed by atoms with E-state index in [0.29, 0.717) is 19.5 Å². The Bertz CT molecular complexity index is 650. The van der Waals surface area contributed by atoms with Crippen LogP contribution in [0.4, 0.5) is 13.2 Å². The Balaban J connectivity index is 1.90. The molecule has 0 radical (unpaired) electrons. The van der Waals surface area contributed by atoms with Crippen LogP contribution in [-0.4, -0.2) is 17.6 Å². The number of rotatable bonds is 7. The number of aliphatic carboxylic acids is 1. The summed E-state index contributed by atoms with van der Waals surface area (Å²) in [5.41, 5.74) is 0.0956. The predicted molar refractivity (Wildman–Crippen MR) is 83.3 cm³/mol. The predicted octanol–water partition coefficient (Wildman–Crippen LogP) is 4.39. The van der Waals surface area contributed by atoms with Gasteiger partial charge in [0.15, 0.2) is 0 Å². The van der Waals surface area contributed by atoms with Gasteiger partial charge in [-0.05, 0) is 42.8 Å². The summed E-state index contributed by atoms with van der Waals surface area (Å²) in [5, 5.41) is 11.7. The van der Waals surface area contributed by atoms with Crippen molar-refractivity contribution in [2.45, 2.75) is 25.6 Å². The summed E-state index contributed by atoms with van der Waals surface area (Å²) in [5.74, 6) is -0.812. The van der Waals surface area contributed by atoms with E-state index in [1.807, 2.05) is 12.1 Å². The van der Waals surface area contributed by atoms with Gasteiger partial charge in [-0.15, -0.1) is 11.3 Å². The quantitative estimate of drug-likeness (QED) is 0.733. The smallest absolute Gasteiger partial charge is 0.416 e. The molecule has 23 heavy (non-hydrogen) atoms. The van der Waals surface area contributed by atoms with Crippen LogP contribution in [0.2, 0.25) is 0 Å². The van der Waals surface area contributed by atoms with Crippen LogP contribution >= 0.6 is 11.3 Å². The number of carboxylic acids is 1. The van der Waals surface area contributed by atoms with E-state index in [-0.39, 0.29) is 6.42 Å². The number of hydrogen-bond donors (Lipinski definition) is 2. The largest absolute Gasteiger partial charge is 0.481 e. The molecule has 124 valence electrons. The molecule has 3 nitrogen and oxygen atoms in total. The van der Waals surface area contributed by atoms with Crippen molar-refractivity contribution >= 4 is 17.3 Å². The van der Waals surface area contributed by atoms with Crippen molar-refractivity contribution in [1.82, 2.24) is 5.32 Å². The lowest BCUT2D eigenvalue weighted by molar-refractivity contribution is -0.138. The zero-order valence-corrected chi connectivity index (χ0v) is 13.0. The number of alkyl halides is 3. The van der Waals surface area contributed by atoms with Crippen LogP contribution < -0.4 is 5.32 Å². The van der Waals surface area contributed by atoms with Gasteiger partial charge in [0.2, 0.25) is 0 Å². The van der Waals surface area contributed by atoms with Crippen LogP contribution in [0.5, 0.6) is 0 Å². The van der Waals surface area contributed by atoms with Gasteiger partial charge in [0.05, 0.1) is 5.56 Å². The molecule has 0 bridgehead atoms. The maximum atomic E-state index is 12.5. The number of benzene rings is 1. The first kappa shape index (κ1) is 17.5. The fourth-order valence-electron chi connectivity index (χ4n) is 2.03. The zero-order chi connectivity index (χ0) is 16.9. The Morgan fingerprint density at radius 2 is 1.83 bits per heavy atom. The van der Waals surface area contributed by atoms with Gasteiger partial charge in [-0.3, -0.25) is 4.79 Å². The number of carbonyl (C=O) groups is 1. The van der Waals surface area contributed by atoms with Gasteiger partial charge in [-0.2, -0.15) is 13.2 Å². The highest BCUT2D eigenvalue weighted by atomic mass is 32.1. The molecular weight excluding hydrogens is 327 g/mol. The fraction of sp³-hybridized carbons (Fsp3) is 0.312. The standard InChI is InChI=1S/C16H16F3NO2S/c17-16(18,19)12-5-3-11(4-6-12)14-8-7-13(23-14)10-20-9-1-2-15(21)22/h3-8,20H,1-2,9-10H2,(H,21,22). The van der Waals surface area contributed by atoms with E-state index in [4.69, 9.17) is 5.11 Å². The number of thiophene rings is 1. The zero-order valence-electron chi connectivity index (χ0n) is 12.2. The molecule has 0 saturated heterocycles. The second-order valence-corrected chi connectivity index (χ2v) is 6.18. The lowest BCUT2D eigenvalue weighted by Crippen LogP contribution is -2.14. The second kappa shape index (κ2) is 7.61. The van der Waals surface area contributed by atoms with Crippen molar-refractivity contribution in [2.24, 2.45) is 0 Å². The van der Waals surface area contributed by atoms with Crippen molar-refractivity contribution in [2.75, 3.05) is 6.54 Å². The van der Waals surface area contributed by atoms with Crippen LogP contribution in [0.1, 0.15) is 23.3 Å². The third-order valence-electron chi connectivity index (χ3n) is 3.20. The van der Waals surface area contributed by atoms with E-state index < -0.39 is 17.7 Å². The highest BCUT2D eigenvalue weighted by Crippen LogP contribution is 2.33. The van der Waals surface area contributed by atoms with Crippen LogP contribution in [-0.2, 0) is 17.5 Å². The fourth-order valence-corrected chi connectivity index (χ4v) is 3.01. The Morgan fingerprint density at radius 1 is 1.13 bits per heavy atom. The number of halogens is 3. The number of hydrogen-bond acceptors (Lipinski definition) is 3. The first-order valence-corrected chi connectivity index (χ1v) is 7.87. The summed E-state index contributed by atoms with van der Waals surface area (Å²) >= 11 is 1.50. The van der Waals surface area contributed by atoms with Gasteiger partial charge in [-0.25, -0.2) is 0 Å². The maximum absolute atomic E-state index is 12.5. The van der Waals surface area contributed by atoms with Gasteiger partial charge in [0.1, 0.15) is 0 Å². The van der Waals surface area contributed by atoms with Gasteiger partial charge in [0.25, 0.3) is 0 Å². The van der Waals surface area contributed by atoms with Crippen LogP contribution in [0.15, 0.2) is 36.4 Å². The lowest BCUT2D eigenvalue weighted by Gasteiger charge is -2.06. The van der Waals surface area contributed by atoms with Crippen LogP contribution in [0, 0.1) is 0 Å². The van der Waals surface area contributed by atoms with E-state index in [2.05, 4.69) is 5.32 Å². The molecule has 7 heteroatoms. The molecule has 2 N–H and O–H groups in total. The normalized spacial score (nSPS) is 11.6. The van der Waals surface area contributed by atoms with Crippen molar-refractivity contribution in [3.8, 4) is 10.4 Å². The number of carboxylic acid groups (broad SMARTS) is 1. The Kier molecular flexibility index (Phi) is 5.79. The molecule has 2 rings (SSSR count). The molecular formula is C16H16F3NO2S. The SMILES string of the molecule is O=C(O)CCCNCc1ccc(-c2ccc(C(F)(F)F)cc2)s1. The van der Waals surface area contributed by atoms with E-state index in [0.717, 1.165) is 27.5 Å². The summed E-state index contributed by atoms with van der Waals surface area (Å²) < 4.78 is 37.6. The summed E-state index contributed by atoms with van der Waals surface area (Å²) in [4.78, 5) is 12.3. The minimum Gasteiger partial charge on any atom is -0.481 e. The molecule has 0 spiro atoms. The van der Waals surface area contributed by atoms with Crippen LogP contribution in [0.3, 0.4) is 0 Å². The molecule has 1 aromatic carbocycles. The molecule has 0 unspecified atom stereocenters. The summed E-state index contributed by atoms with van der Waals surface area (Å²) in [6.45, 7) is 1.23. The molecule has 0 saturated carbocycles. The first-order valence-electron chi connectivity index (χ1n) is 7.05. The van der Waals surface area contributed by atoms with E-state index >= 15 is 0 Å². The molecule has 1 aromatic heterocycles. The van der Waals surface area contributed by atoms with E-state index in [1.54, 1.807) is 0 Å².